The summed E-state index contributed by atoms with van der Waals surface area (Å²) in [7, 11) is -7.58. The summed E-state index contributed by atoms with van der Waals surface area (Å²) in [4.78, 5) is 9.24. The number of anilines is 1. The smallest absolute Gasteiger partial charge is 0.255 e. The van der Waals surface area contributed by atoms with Crippen molar-refractivity contribution >= 4 is 25.9 Å². The van der Waals surface area contributed by atoms with E-state index in [1.165, 1.54) is 18.6 Å². The van der Waals surface area contributed by atoms with Gasteiger partial charge in [-0.3, -0.25) is 0 Å². The second-order valence-corrected chi connectivity index (χ2v) is 8.79. The number of sulfonamides is 2. The number of aromatic nitrogens is 2. The molecule has 0 atom stereocenters. The molecule has 12 heteroatoms. The third kappa shape index (κ3) is 6.50. The van der Waals surface area contributed by atoms with Crippen molar-refractivity contribution in [3.05, 3.63) is 42.3 Å². The molecule has 1 fully saturated rings. The first-order valence-electron chi connectivity index (χ1n) is 7.97. The lowest BCUT2D eigenvalue weighted by atomic mass is 10.1. The number of rotatable bonds is 3. The number of nitrogens with zero attached hydrogens (tertiary/aromatic N) is 3. The molecule has 0 aliphatic carbocycles. The molecule has 0 amide bonds. The molecule has 0 saturated carbocycles. The van der Waals surface area contributed by atoms with Crippen molar-refractivity contribution in [2.24, 2.45) is 10.3 Å². The van der Waals surface area contributed by atoms with E-state index in [0.717, 1.165) is 38.1 Å². The molecule has 0 bridgehead atoms. The number of piperidine rings is 1. The summed E-state index contributed by atoms with van der Waals surface area (Å²) in [5.41, 5.74) is 0. The van der Waals surface area contributed by atoms with E-state index >= 15 is 0 Å². The molecule has 0 unspecified atom stereocenters. The standard InChI is InChI=1S/C10H15N3O2S.C5H5FN2O2S.4H2/c11-16(14,15)10-6-4-5-9(12-10)13-7-2-1-3-8-13;6-4-2-1-3-5(8-4)11(7,9)10;;;;/h4-6H,1-3,7-8H2,(H2,11,14,15);1-3H,(H2,7,9,10);4*1H. The number of pyridine rings is 2. The zero-order chi connectivity index (χ0) is 20.1. The van der Waals surface area contributed by atoms with Gasteiger partial charge in [0, 0.05) is 18.8 Å². The van der Waals surface area contributed by atoms with Gasteiger partial charge in [-0.25, -0.2) is 37.1 Å². The Balaban J connectivity index is -0.000000471. The molecule has 2 aromatic rings. The van der Waals surface area contributed by atoms with E-state index in [1.54, 1.807) is 6.07 Å². The molecule has 0 radical (unpaired) electrons. The van der Waals surface area contributed by atoms with Gasteiger partial charge in [-0.15, -0.1) is 0 Å². The number of nitrogens with two attached hydrogens (primary N) is 2. The Kier molecular flexibility index (Phi) is 6.81. The lowest BCUT2D eigenvalue weighted by Crippen LogP contribution is -2.30. The highest BCUT2D eigenvalue weighted by atomic mass is 32.2. The largest absolute Gasteiger partial charge is 0.357 e. The predicted molar refractivity (Wildman–Crippen MR) is 106 cm³/mol. The first kappa shape index (κ1) is 21.2. The van der Waals surface area contributed by atoms with Crippen LogP contribution in [0, 0.1) is 5.95 Å². The van der Waals surface area contributed by atoms with Crippen LogP contribution in [0.1, 0.15) is 25.0 Å². The van der Waals surface area contributed by atoms with Gasteiger partial charge in [0.1, 0.15) is 5.82 Å². The zero-order valence-electron chi connectivity index (χ0n) is 14.3. The predicted octanol–water partition coefficient (Wildman–Crippen LogP) is 1.57. The highest BCUT2D eigenvalue weighted by molar-refractivity contribution is 7.89. The summed E-state index contributed by atoms with van der Waals surface area (Å²) in [5, 5.41) is 9.19. The summed E-state index contributed by atoms with van der Waals surface area (Å²) in [6, 6.07) is 8.30. The van der Waals surface area contributed by atoms with Crippen molar-refractivity contribution in [1.29, 1.82) is 0 Å². The Morgan fingerprint density at radius 1 is 0.852 bits per heavy atom. The minimum absolute atomic E-state index is 0. The summed E-state index contributed by atoms with van der Waals surface area (Å²) >= 11 is 0. The first-order chi connectivity index (χ1) is 12.6. The van der Waals surface area contributed by atoms with Gasteiger partial charge in [-0.1, -0.05) is 12.1 Å². The normalized spacial score (nSPS) is 15.0. The van der Waals surface area contributed by atoms with Gasteiger partial charge < -0.3 is 4.90 Å². The number of hydrogen-bond acceptors (Lipinski definition) is 7. The first-order valence-corrected chi connectivity index (χ1v) is 11.1. The highest BCUT2D eigenvalue weighted by Crippen LogP contribution is 2.18. The minimum Gasteiger partial charge on any atom is -0.357 e. The van der Waals surface area contributed by atoms with Crippen LogP contribution in [0.15, 0.2) is 46.5 Å². The van der Waals surface area contributed by atoms with E-state index in [-0.39, 0.29) is 10.7 Å². The second kappa shape index (κ2) is 8.69. The highest BCUT2D eigenvalue weighted by Gasteiger charge is 2.15. The number of halogens is 1. The quantitative estimate of drug-likeness (QED) is 0.709. The van der Waals surface area contributed by atoms with E-state index in [0.29, 0.717) is 5.82 Å². The maximum atomic E-state index is 12.3. The van der Waals surface area contributed by atoms with Crippen LogP contribution in [-0.4, -0.2) is 39.9 Å². The Labute approximate surface area is 163 Å². The molecule has 3 heterocycles. The maximum absolute atomic E-state index is 12.3. The zero-order valence-corrected chi connectivity index (χ0v) is 16.0. The van der Waals surface area contributed by atoms with Gasteiger partial charge in [-0.2, -0.15) is 4.39 Å². The molecule has 1 aliphatic heterocycles. The number of primary sulfonamides is 2. The van der Waals surface area contributed by atoms with Crippen LogP contribution in [0.25, 0.3) is 0 Å². The third-order valence-electron chi connectivity index (χ3n) is 3.66. The Hall–Kier alpha value is -2.15. The lowest BCUT2D eigenvalue weighted by molar-refractivity contribution is 0.557. The third-order valence-corrected chi connectivity index (χ3v) is 5.28. The van der Waals surface area contributed by atoms with Crippen LogP contribution in [-0.2, 0) is 20.0 Å². The van der Waals surface area contributed by atoms with E-state index in [2.05, 4.69) is 20.0 Å². The Morgan fingerprint density at radius 3 is 1.85 bits per heavy atom. The monoisotopic (exact) mass is 425 g/mol. The van der Waals surface area contributed by atoms with Crippen molar-refractivity contribution in [2.45, 2.75) is 29.3 Å². The van der Waals surface area contributed by atoms with Crippen molar-refractivity contribution in [2.75, 3.05) is 18.0 Å². The molecule has 27 heavy (non-hydrogen) atoms. The van der Waals surface area contributed by atoms with Crippen molar-refractivity contribution < 1.29 is 26.9 Å². The average molecular weight is 426 g/mol. The van der Waals surface area contributed by atoms with E-state index < -0.39 is 31.0 Å². The SMILES string of the molecule is NS(=O)(=O)c1cccc(F)n1.NS(=O)(=O)c1cccc(N2CCCCC2)n1.[HH].[HH].[HH].[HH]. The Morgan fingerprint density at radius 2 is 1.37 bits per heavy atom. The molecule has 4 N–H and O–H groups in total. The van der Waals surface area contributed by atoms with Gasteiger partial charge >= 0.3 is 0 Å². The summed E-state index contributed by atoms with van der Waals surface area (Å²) in [6.07, 6.45) is 3.48. The molecule has 0 spiro atoms. The minimum atomic E-state index is -3.88. The maximum Gasteiger partial charge on any atom is 0.255 e. The fourth-order valence-corrected chi connectivity index (χ4v) is 3.38. The van der Waals surface area contributed by atoms with Crippen LogP contribution < -0.4 is 15.2 Å². The fourth-order valence-electron chi connectivity index (χ4n) is 2.41. The molecule has 9 nitrogen and oxygen atoms in total. The van der Waals surface area contributed by atoms with Crippen LogP contribution >= 0.6 is 0 Å². The summed E-state index contributed by atoms with van der Waals surface area (Å²) < 4.78 is 55.7. The molecular weight excluding hydrogens is 397 g/mol. The molecule has 1 aliphatic rings. The average Bonchev–Trinajstić information content (AvgIpc) is 2.62. The van der Waals surface area contributed by atoms with Crippen molar-refractivity contribution in [3.63, 3.8) is 0 Å². The van der Waals surface area contributed by atoms with Crippen LogP contribution in [0.5, 0.6) is 0 Å². The fraction of sp³-hybridized carbons (Fsp3) is 0.333. The van der Waals surface area contributed by atoms with Crippen molar-refractivity contribution in [3.8, 4) is 0 Å². The lowest BCUT2D eigenvalue weighted by Gasteiger charge is -2.27. The van der Waals surface area contributed by atoms with Crippen LogP contribution in [0.2, 0.25) is 0 Å². The summed E-state index contributed by atoms with van der Waals surface area (Å²) in [5.74, 6) is -0.164. The molecule has 156 valence electrons. The number of hydrogen-bond donors (Lipinski definition) is 2. The molecule has 3 rings (SSSR count). The van der Waals surface area contributed by atoms with Crippen LogP contribution in [0.3, 0.4) is 0 Å². The van der Waals surface area contributed by atoms with E-state index in [9.17, 15) is 21.2 Å². The topological polar surface area (TPSA) is 149 Å². The van der Waals surface area contributed by atoms with E-state index in [4.69, 9.17) is 5.14 Å². The van der Waals surface area contributed by atoms with Crippen molar-refractivity contribution in [1.82, 2.24) is 9.97 Å². The molecule has 0 aromatic carbocycles. The van der Waals surface area contributed by atoms with Gasteiger partial charge in [-0.05, 0) is 43.5 Å². The van der Waals surface area contributed by atoms with Crippen LogP contribution in [0.4, 0.5) is 10.2 Å². The van der Waals surface area contributed by atoms with Gasteiger partial charge in [0.05, 0.1) is 0 Å². The summed E-state index contributed by atoms with van der Waals surface area (Å²) in [6.45, 7) is 1.86. The van der Waals surface area contributed by atoms with Gasteiger partial charge in [0.2, 0.25) is 5.95 Å². The molecule has 2 aromatic heterocycles. The van der Waals surface area contributed by atoms with E-state index in [1.807, 2.05) is 6.07 Å². The Bertz CT molecular complexity index is 1010. The molecule has 1 saturated heterocycles. The van der Waals surface area contributed by atoms with Gasteiger partial charge in [0.25, 0.3) is 20.0 Å². The second-order valence-electron chi connectivity index (χ2n) is 5.77. The van der Waals surface area contributed by atoms with Gasteiger partial charge in [0.15, 0.2) is 10.1 Å². The molecular formula is C15H28FN5O4S2.